The van der Waals surface area contributed by atoms with Gasteiger partial charge in [-0.15, -0.1) is 22.7 Å². The highest BCUT2D eigenvalue weighted by molar-refractivity contribution is 7.15. The normalized spacial score (nSPS) is 10.8. The lowest BCUT2D eigenvalue weighted by atomic mass is 10.1. The van der Waals surface area contributed by atoms with Gasteiger partial charge in [-0.05, 0) is 31.4 Å². The number of benzene rings is 1. The van der Waals surface area contributed by atoms with Gasteiger partial charge >= 0.3 is 0 Å². The summed E-state index contributed by atoms with van der Waals surface area (Å²) in [4.78, 5) is 29.0. The maximum Gasteiger partial charge on any atom is 0.273 e. The van der Waals surface area contributed by atoms with Crippen molar-refractivity contribution in [2.24, 2.45) is 0 Å². The standard InChI is InChI=1S/C19H15N5O3S2/c1-11-5-6-13(9-15(11)24(26)27)18(25)21-17-8-12(2)22-23(17)19-20-14(10-29-19)16-4-3-7-28-16/h3-10H,1-2H3,(H,21,25). The number of nitro groups is 1. The van der Waals surface area contributed by atoms with Crippen LogP contribution in [-0.2, 0) is 0 Å². The summed E-state index contributed by atoms with van der Waals surface area (Å²) in [6, 6.07) is 10.1. The van der Waals surface area contributed by atoms with Crippen molar-refractivity contribution in [2.75, 3.05) is 5.32 Å². The van der Waals surface area contributed by atoms with E-state index in [1.807, 2.05) is 29.8 Å². The highest BCUT2D eigenvalue weighted by atomic mass is 32.1. The smallest absolute Gasteiger partial charge is 0.273 e. The molecule has 0 fully saturated rings. The summed E-state index contributed by atoms with van der Waals surface area (Å²) < 4.78 is 1.57. The Morgan fingerprint density at radius 3 is 2.76 bits per heavy atom. The molecule has 4 rings (SSSR count). The third-order valence-electron chi connectivity index (χ3n) is 4.19. The monoisotopic (exact) mass is 425 g/mol. The van der Waals surface area contributed by atoms with Gasteiger partial charge in [0.25, 0.3) is 11.6 Å². The number of thiophene rings is 1. The quantitative estimate of drug-likeness (QED) is 0.364. The number of carbonyl (C=O) groups is 1. The van der Waals surface area contributed by atoms with Crippen LogP contribution in [0, 0.1) is 24.0 Å². The van der Waals surface area contributed by atoms with Crippen molar-refractivity contribution in [1.82, 2.24) is 14.8 Å². The van der Waals surface area contributed by atoms with Crippen LogP contribution in [0.1, 0.15) is 21.6 Å². The van der Waals surface area contributed by atoms with Gasteiger partial charge in [-0.25, -0.2) is 4.98 Å². The second kappa shape index (κ2) is 7.57. The lowest BCUT2D eigenvalue weighted by Crippen LogP contribution is -2.15. The number of hydrogen-bond donors (Lipinski definition) is 1. The lowest BCUT2D eigenvalue weighted by Gasteiger charge is -2.07. The Morgan fingerprint density at radius 1 is 1.21 bits per heavy atom. The summed E-state index contributed by atoms with van der Waals surface area (Å²) in [6.07, 6.45) is 0. The molecule has 1 amide bonds. The minimum atomic E-state index is -0.498. The average Bonchev–Trinajstić information content (AvgIpc) is 3.42. The van der Waals surface area contributed by atoms with Crippen molar-refractivity contribution in [3.8, 4) is 15.7 Å². The first-order valence-electron chi connectivity index (χ1n) is 8.55. The van der Waals surface area contributed by atoms with E-state index in [0.29, 0.717) is 22.2 Å². The van der Waals surface area contributed by atoms with Crippen molar-refractivity contribution in [3.05, 3.63) is 74.1 Å². The van der Waals surface area contributed by atoms with E-state index < -0.39 is 10.8 Å². The second-order valence-corrected chi connectivity index (χ2v) is 8.07. The largest absolute Gasteiger partial charge is 0.306 e. The van der Waals surface area contributed by atoms with Gasteiger partial charge in [0.15, 0.2) is 0 Å². The number of rotatable bonds is 5. The zero-order valence-corrected chi connectivity index (χ0v) is 17.1. The van der Waals surface area contributed by atoms with E-state index in [4.69, 9.17) is 0 Å². The van der Waals surface area contributed by atoms with E-state index in [2.05, 4.69) is 15.4 Å². The molecule has 0 bridgehead atoms. The molecule has 3 heterocycles. The van der Waals surface area contributed by atoms with Crippen molar-refractivity contribution in [1.29, 1.82) is 0 Å². The van der Waals surface area contributed by atoms with Gasteiger partial charge in [0.2, 0.25) is 5.13 Å². The number of carbonyl (C=O) groups excluding carboxylic acids is 1. The van der Waals surface area contributed by atoms with E-state index in [9.17, 15) is 14.9 Å². The molecule has 8 nitrogen and oxygen atoms in total. The first-order valence-corrected chi connectivity index (χ1v) is 10.3. The summed E-state index contributed by atoms with van der Waals surface area (Å²) in [5.74, 6) is -0.00732. The highest BCUT2D eigenvalue weighted by Crippen LogP contribution is 2.29. The van der Waals surface area contributed by atoms with E-state index in [-0.39, 0.29) is 11.3 Å². The summed E-state index contributed by atoms with van der Waals surface area (Å²) in [6.45, 7) is 3.45. The number of nitrogens with zero attached hydrogens (tertiary/aromatic N) is 4. The molecular weight excluding hydrogens is 410 g/mol. The molecule has 4 aromatic rings. The van der Waals surface area contributed by atoms with Crippen molar-refractivity contribution < 1.29 is 9.72 Å². The summed E-state index contributed by atoms with van der Waals surface area (Å²) in [5.41, 5.74) is 2.16. The van der Waals surface area contributed by atoms with Crippen molar-refractivity contribution in [3.63, 3.8) is 0 Å². The molecule has 0 aliphatic carbocycles. The van der Waals surface area contributed by atoms with Crippen LogP contribution in [0.15, 0.2) is 47.2 Å². The molecule has 0 aliphatic heterocycles. The number of thiazole rings is 1. The fourth-order valence-electron chi connectivity index (χ4n) is 2.77. The molecule has 3 aromatic heterocycles. The maximum atomic E-state index is 12.7. The van der Waals surface area contributed by atoms with Crippen LogP contribution < -0.4 is 5.32 Å². The number of nitro benzene ring substituents is 1. The van der Waals surface area contributed by atoms with Crippen LogP contribution in [0.5, 0.6) is 0 Å². The zero-order chi connectivity index (χ0) is 20.5. The molecule has 1 N–H and O–H groups in total. The number of hydrogen-bond acceptors (Lipinski definition) is 7. The van der Waals surface area contributed by atoms with E-state index >= 15 is 0 Å². The average molecular weight is 425 g/mol. The second-order valence-electron chi connectivity index (χ2n) is 6.29. The van der Waals surface area contributed by atoms with Gasteiger partial charge in [-0.1, -0.05) is 12.1 Å². The molecule has 0 unspecified atom stereocenters. The number of nitrogens with one attached hydrogen (secondary N) is 1. The molecular formula is C19H15N5O3S2. The van der Waals surface area contributed by atoms with Crippen LogP contribution >= 0.6 is 22.7 Å². The van der Waals surface area contributed by atoms with Gasteiger partial charge in [0.05, 0.1) is 21.2 Å². The van der Waals surface area contributed by atoms with Crippen LogP contribution in [0.4, 0.5) is 11.5 Å². The Morgan fingerprint density at radius 2 is 2.03 bits per heavy atom. The molecule has 29 heavy (non-hydrogen) atoms. The summed E-state index contributed by atoms with van der Waals surface area (Å²) in [7, 11) is 0. The van der Waals surface area contributed by atoms with Crippen LogP contribution in [-0.4, -0.2) is 25.6 Å². The fourth-order valence-corrected chi connectivity index (χ4v) is 4.32. The van der Waals surface area contributed by atoms with Crippen LogP contribution in [0.25, 0.3) is 15.7 Å². The SMILES string of the molecule is Cc1cc(NC(=O)c2ccc(C)c([N+](=O)[O-])c2)n(-c2nc(-c3cccs3)cs2)n1. The first-order chi connectivity index (χ1) is 13.9. The maximum absolute atomic E-state index is 12.7. The molecule has 0 aliphatic rings. The Labute approximate surface area is 173 Å². The van der Waals surface area contributed by atoms with Crippen molar-refractivity contribution in [2.45, 2.75) is 13.8 Å². The molecule has 0 radical (unpaired) electrons. The van der Waals surface area contributed by atoms with Gasteiger partial charge in [0.1, 0.15) is 5.82 Å². The molecule has 0 saturated carbocycles. The number of anilines is 1. The fraction of sp³-hybridized carbons (Fsp3) is 0.105. The highest BCUT2D eigenvalue weighted by Gasteiger charge is 2.18. The zero-order valence-electron chi connectivity index (χ0n) is 15.4. The van der Waals surface area contributed by atoms with Gasteiger partial charge < -0.3 is 5.32 Å². The predicted molar refractivity (Wildman–Crippen MR) is 113 cm³/mol. The van der Waals surface area contributed by atoms with Gasteiger partial charge in [0, 0.05) is 28.6 Å². The summed E-state index contributed by atoms with van der Waals surface area (Å²) >= 11 is 3.01. The van der Waals surface area contributed by atoms with E-state index in [0.717, 1.165) is 10.6 Å². The predicted octanol–water partition coefficient (Wildman–Crippen LogP) is 4.83. The number of amides is 1. The molecule has 10 heteroatoms. The number of aryl methyl sites for hydroxylation is 2. The lowest BCUT2D eigenvalue weighted by molar-refractivity contribution is -0.385. The third kappa shape index (κ3) is 3.80. The third-order valence-corrected chi connectivity index (χ3v) is 5.90. The molecule has 1 aromatic carbocycles. The Balaban J connectivity index is 1.63. The summed E-state index contributed by atoms with van der Waals surface area (Å²) in [5, 5.41) is 22.9. The van der Waals surface area contributed by atoms with Crippen LogP contribution in [0.2, 0.25) is 0 Å². The Hall–Kier alpha value is -3.37. The van der Waals surface area contributed by atoms with E-state index in [1.165, 1.54) is 17.4 Å². The van der Waals surface area contributed by atoms with Gasteiger partial charge in [-0.3, -0.25) is 14.9 Å². The number of aromatic nitrogens is 3. The topological polar surface area (TPSA) is 103 Å². The molecule has 0 saturated heterocycles. The molecule has 0 spiro atoms. The Bertz CT molecular complexity index is 1210. The van der Waals surface area contributed by atoms with Crippen molar-refractivity contribution >= 4 is 40.1 Å². The van der Waals surface area contributed by atoms with Gasteiger partial charge in [-0.2, -0.15) is 9.78 Å². The molecule has 146 valence electrons. The van der Waals surface area contributed by atoms with E-state index in [1.54, 1.807) is 41.1 Å². The van der Waals surface area contributed by atoms with Crippen LogP contribution in [0.3, 0.4) is 0 Å². The minimum absolute atomic E-state index is 0.0946. The molecule has 0 atom stereocenters. The Kier molecular flexibility index (Phi) is 4.95. The minimum Gasteiger partial charge on any atom is -0.306 e. The first kappa shape index (κ1) is 19.0.